The Morgan fingerprint density at radius 2 is 2.17 bits per heavy atom. The van der Waals surface area contributed by atoms with Crippen LogP contribution in [0.2, 0.25) is 5.02 Å². The number of hydrogen-bond donors (Lipinski definition) is 1. The maximum absolute atomic E-state index is 12.2. The Morgan fingerprint density at radius 3 is 2.78 bits per heavy atom. The summed E-state index contributed by atoms with van der Waals surface area (Å²) in [5.74, 6) is 0.340. The zero-order valence-electron chi connectivity index (χ0n) is 10.1. The van der Waals surface area contributed by atoms with Gasteiger partial charge in [0.1, 0.15) is 5.75 Å². The van der Waals surface area contributed by atoms with E-state index in [4.69, 9.17) is 23.2 Å². The fourth-order valence-corrected chi connectivity index (χ4v) is 2.86. The minimum Gasteiger partial charge on any atom is -0.508 e. The van der Waals surface area contributed by atoms with E-state index in [2.05, 4.69) is 0 Å². The topological polar surface area (TPSA) is 40.5 Å². The number of alkyl halides is 1. The van der Waals surface area contributed by atoms with Gasteiger partial charge in [-0.25, -0.2) is 0 Å². The van der Waals surface area contributed by atoms with E-state index >= 15 is 0 Å². The van der Waals surface area contributed by atoms with E-state index in [1.807, 2.05) is 0 Å². The van der Waals surface area contributed by atoms with Crippen LogP contribution >= 0.6 is 23.2 Å². The van der Waals surface area contributed by atoms with Crippen molar-refractivity contribution in [1.29, 1.82) is 0 Å². The molecular formula is C13H15Cl2NO2. The first-order valence-corrected chi connectivity index (χ1v) is 6.67. The molecule has 1 aromatic carbocycles. The Bertz CT molecular complexity index is 458. The molecule has 1 saturated carbocycles. The van der Waals surface area contributed by atoms with E-state index in [0.717, 1.165) is 12.8 Å². The van der Waals surface area contributed by atoms with Crippen LogP contribution in [0.4, 0.5) is 0 Å². The zero-order valence-corrected chi connectivity index (χ0v) is 11.6. The van der Waals surface area contributed by atoms with Crippen molar-refractivity contribution in [2.24, 2.45) is 5.92 Å². The van der Waals surface area contributed by atoms with Crippen LogP contribution in [0.15, 0.2) is 18.2 Å². The third-order valence-electron chi connectivity index (χ3n) is 3.24. The number of nitrogens with zero attached hydrogens (tertiary/aromatic N) is 1. The van der Waals surface area contributed by atoms with Crippen molar-refractivity contribution in [2.75, 3.05) is 13.6 Å². The highest BCUT2D eigenvalue weighted by Gasteiger charge is 2.29. The Morgan fingerprint density at radius 1 is 1.50 bits per heavy atom. The lowest BCUT2D eigenvalue weighted by atomic mass is 9.84. The van der Waals surface area contributed by atoms with Crippen LogP contribution in [0.3, 0.4) is 0 Å². The Kier molecular flexibility index (Phi) is 4.03. The van der Waals surface area contributed by atoms with Crippen molar-refractivity contribution in [3.8, 4) is 5.75 Å². The highest BCUT2D eigenvalue weighted by Crippen LogP contribution is 2.32. The molecule has 0 heterocycles. The molecule has 18 heavy (non-hydrogen) atoms. The van der Waals surface area contributed by atoms with E-state index in [0.29, 0.717) is 23.0 Å². The van der Waals surface area contributed by atoms with Crippen molar-refractivity contribution in [3.05, 3.63) is 28.8 Å². The van der Waals surface area contributed by atoms with Crippen LogP contribution in [-0.4, -0.2) is 34.9 Å². The molecule has 0 spiro atoms. The summed E-state index contributed by atoms with van der Waals surface area (Å²) in [5.41, 5.74) is 0.334. The van der Waals surface area contributed by atoms with Crippen LogP contribution in [-0.2, 0) is 0 Å². The second kappa shape index (κ2) is 5.37. The monoisotopic (exact) mass is 287 g/mol. The molecule has 2 rings (SSSR count). The molecule has 1 N–H and O–H groups in total. The van der Waals surface area contributed by atoms with E-state index in [-0.39, 0.29) is 17.0 Å². The number of amides is 1. The summed E-state index contributed by atoms with van der Waals surface area (Å²) in [5, 5.41) is 10.0. The summed E-state index contributed by atoms with van der Waals surface area (Å²) in [6, 6.07) is 4.38. The van der Waals surface area contributed by atoms with Crippen molar-refractivity contribution < 1.29 is 9.90 Å². The molecule has 0 aromatic heterocycles. The molecule has 1 fully saturated rings. The predicted octanol–water partition coefficient (Wildman–Crippen LogP) is 3.14. The second-order valence-electron chi connectivity index (χ2n) is 4.78. The smallest absolute Gasteiger partial charge is 0.255 e. The second-order valence-corrected chi connectivity index (χ2v) is 5.81. The van der Waals surface area contributed by atoms with Gasteiger partial charge in [-0.3, -0.25) is 4.79 Å². The molecule has 1 aromatic rings. The number of phenols is 1. The van der Waals surface area contributed by atoms with Crippen molar-refractivity contribution in [3.63, 3.8) is 0 Å². The summed E-state index contributed by atoms with van der Waals surface area (Å²) < 4.78 is 0. The molecule has 1 aliphatic carbocycles. The molecular weight excluding hydrogens is 273 g/mol. The van der Waals surface area contributed by atoms with Crippen molar-refractivity contribution >= 4 is 29.1 Å². The lowest BCUT2D eigenvalue weighted by molar-refractivity contribution is 0.0746. The van der Waals surface area contributed by atoms with Gasteiger partial charge >= 0.3 is 0 Å². The highest BCUT2D eigenvalue weighted by molar-refractivity contribution is 6.33. The summed E-state index contributed by atoms with van der Waals surface area (Å²) >= 11 is 11.9. The molecule has 3 nitrogen and oxygen atoms in total. The standard InChI is InChI=1S/C13H15Cl2NO2/c1-16(7-8-4-9(14)5-8)13(18)11-6-10(17)2-3-12(11)15/h2-3,6,8-9,17H,4-5,7H2,1H3. The average Bonchev–Trinajstić information content (AvgIpc) is 2.29. The van der Waals surface area contributed by atoms with E-state index in [9.17, 15) is 9.90 Å². The van der Waals surface area contributed by atoms with Crippen LogP contribution in [0.1, 0.15) is 23.2 Å². The van der Waals surface area contributed by atoms with Gasteiger partial charge in [-0.05, 0) is 37.0 Å². The fourth-order valence-electron chi connectivity index (χ4n) is 2.16. The van der Waals surface area contributed by atoms with Gasteiger partial charge in [0.05, 0.1) is 10.6 Å². The molecule has 0 saturated heterocycles. The zero-order chi connectivity index (χ0) is 13.3. The molecule has 1 aliphatic rings. The molecule has 1 amide bonds. The van der Waals surface area contributed by atoms with Gasteiger partial charge in [0.2, 0.25) is 0 Å². The van der Waals surface area contributed by atoms with Gasteiger partial charge < -0.3 is 10.0 Å². The lowest BCUT2D eigenvalue weighted by Gasteiger charge is -2.34. The minimum absolute atomic E-state index is 0.0422. The van der Waals surface area contributed by atoms with Gasteiger partial charge in [0, 0.05) is 19.0 Å². The summed E-state index contributed by atoms with van der Waals surface area (Å²) in [6.07, 6.45) is 1.90. The number of halogens is 2. The largest absolute Gasteiger partial charge is 0.508 e. The Balaban J connectivity index is 2.03. The Labute approximate surface area is 116 Å². The van der Waals surface area contributed by atoms with E-state index in [1.54, 1.807) is 11.9 Å². The normalized spacial score (nSPS) is 22.4. The number of aromatic hydroxyl groups is 1. The quantitative estimate of drug-likeness (QED) is 0.868. The highest BCUT2D eigenvalue weighted by atomic mass is 35.5. The summed E-state index contributed by atoms with van der Waals surface area (Å²) in [6.45, 7) is 0.675. The van der Waals surface area contributed by atoms with Crippen LogP contribution in [0, 0.1) is 5.92 Å². The maximum atomic E-state index is 12.2. The lowest BCUT2D eigenvalue weighted by Crippen LogP contribution is -2.38. The molecule has 5 heteroatoms. The van der Waals surface area contributed by atoms with E-state index < -0.39 is 0 Å². The average molecular weight is 288 g/mol. The number of hydrogen-bond acceptors (Lipinski definition) is 2. The number of carbonyl (C=O) groups is 1. The minimum atomic E-state index is -0.172. The third kappa shape index (κ3) is 2.90. The van der Waals surface area contributed by atoms with Gasteiger partial charge in [0.25, 0.3) is 5.91 Å². The summed E-state index contributed by atoms with van der Waals surface area (Å²) in [7, 11) is 1.74. The molecule has 0 radical (unpaired) electrons. The van der Waals surface area contributed by atoms with E-state index in [1.165, 1.54) is 18.2 Å². The number of phenolic OH excluding ortho intramolecular Hbond substituents is 1. The van der Waals surface area contributed by atoms with Gasteiger partial charge in [-0.2, -0.15) is 0 Å². The van der Waals surface area contributed by atoms with Crippen LogP contribution in [0.25, 0.3) is 0 Å². The van der Waals surface area contributed by atoms with Gasteiger partial charge in [-0.15, -0.1) is 11.6 Å². The number of rotatable bonds is 3. The fraction of sp³-hybridized carbons (Fsp3) is 0.462. The molecule has 0 unspecified atom stereocenters. The van der Waals surface area contributed by atoms with Crippen LogP contribution in [0.5, 0.6) is 5.75 Å². The number of benzene rings is 1. The van der Waals surface area contributed by atoms with Gasteiger partial charge in [0.15, 0.2) is 0 Å². The van der Waals surface area contributed by atoms with Crippen LogP contribution < -0.4 is 0 Å². The maximum Gasteiger partial charge on any atom is 0.255 e. The molecule has 0 aliphatic heterocycles. The third-order valence-corrected chi connectivity index (χ3v) is 3.92. The first kappa shape index (κ1) is 13.5. The van der Waals surface area contributed by atoms with Crippen molar-refractivity contribution in [2.45, 2.75) is 18.2 Å². The number of carbonyl (C=O) groups excluding carboxylic acids is 1. The molecule has 0 bridgehead atoms. The summed E-state index contributed by atoms with van der Waals surface area (Å²) in [4.78, 5) is 13.8. The molecule has 0 atom stereocenters. The van der Waals surface area contributed by atoms with Crippen molar-refractivity contribution in [1.82, 2.24) is 4.90 Å². The Hall–Kier alpha value is -0.930. The first-order chi connectivity index (χ1) is 8.47. The SMILES string of the molecule is CN(CC1CC(Cl)C1)C(=O)c1cc(O)ccc1Cl. The molecule has 98 valence electrons. The first-order valence-electron chi connectivity index (χ1n) is 5.85. The van der Waals surface area contributed by atoms with Gasteiger partial charge in [-0.1, -0.05) is 11.6 Å². The predicted molar refractivity (Wildman–Crippen MR) is 72.4 cm³/mol.